The van der Waals surface area contributed by atoms with E-state index in [9.17, 15) is 9.59 Å². The molecule has 0 radical (unpaired) electrons. The number of carbonyl (C=O) groups excluding carboxylic acids is 2. The van der Waals surface area contributed by atoms with Crippen molar-refractivity contribution in [2.75, 3.05) is 26.2 Å². The van der Waals surface area contributed by atoms with E-state index in [1.54, 1.807) is 0 Å². The number of nitrogens with one attached hydrogen (secondary N) is 2. The van der Waals surface area contributed by atoms with Crippen LogP contribution in [0.15, 0.2) is 0 Å². The van der Waals surface area contributed by atoms with Crippen LogP contribution in [0.2, 0.25) is 0 Å². The zero-order chi connectivity index (χ0) is 16.1. The van der Waals surface area contributed by atoms with Crippen molar-refractivity contribution in [2.45, 2.75) is 63.8 Å². The van der Waals surface area contributed by atoms with Gasteiger partial charge < -0.3 is 15.5 Å². The van der Waals surface area contributed by atoms with Gasteiger partial charge in [-0.25, -0.2) is 0 Å². The van der Waals surface area contributed by atoms with E-state index in [0.717, 1.165) is 26.2 Å². The molecule has 0 aromatic carbocycles. The Labute approximate surface area is 151 Å². The van der Waals surface area contributed by atoms with Crippen molar-refractivity contribution in [3.8, 4) is 0 Å². The van der Waals surface area contributed by atoms with Gasteiger partial charge in [-0.2, -0.15) is 0 Å². The fraction of sp³-hybridized carbons (Fsp3) is 0.889. The van der Waals surface area contributed by atoms with Gasteiger partial charge in [0.15, 0.2) is 0 Å². The zero-order valence-corrected chi connectivity index (χ0v) is 15.4. The Morgan fingerprint density at radius 3 is 2.46 bits per heavy atom. The van der Waals surface area contributed by atoms with Crippen LogP contribution in [0.3, 0.4) is 0 Å². The molecular weight excluding hydrogens is 326 g/mol. The summed E-state index contributed by atoms with van der Waals surface area (Å²) < 4.78 is 0. The molecule has 1 heterocycles. The van der Waals surface area contributed by atoms with Gasteiger partial charge in [0.25, 0.3) is 0 Å². The molecule has 1 atom stereocenters. The quantitative estimate of drug-likeness (QED) is 0.765. The second kappa shape index (κ2) is 9.62. The van der Waals surface area contributed by atoms with E-state index in [2.05, 4.69) is 10.6 Å². The highest BCUT2D eigenvalue weighted by molar-refractivity contribution is 5.88. The van der Waals surface area contributed by atoms with Gasteiger partial charge in [0, 0.05) is 26.2 Å². The molecule has 2 saturated carbocycles. The number of amides is 2. The van der Waals surface area contributed by atoms with Crippen LogP contribution in [-0.2, 0) is 9.59 Å². The molecule has 1 unspecified atom stereocenters. The molecule has 2 aliphatic carbocycles. The Bertz CT molecular complexity index is 422. The smallest absolute Gasteiger partial charge is 0.240 e. The first-order chi connectivity index (χ1) is 11.2. The van der Waals surface area contributed by atoms with E-state index >= 15 is 0 Å². The van der Waals surface area contributed by atoms with Gasteiger partial charge in [-0.1, -0.05) is 25.7 Å². The SMILES string of the molecule is Cl.O=C(CC1NCCN(CC2CCC2)C1=O)NCC1CCCCC1. The Morgan fingerprint density at radius 2 is 1.79 bits per heavy atom. The molecule has 0 aromatic rings. The topological polar surface area (TPSA) is 61.4 Å². The van der Waals surface area contributed by atoms with Gasteiger partial charge in [-0.05, 0) is 37.5 Å². The minimum atomic E-state index is -0.324. The molecule has 0 aromatic heterocycles. The molecule has 24 heavy (non-hydrogen) atoms. The number of hydrogen-bond acceptors (Lipinski definition) is 3. The molecule has 3 fully saturated rings. The third kappa shape index (κ3) is 5.35. The molecule has 3 rings (SSSR count). The van der Waals surface area contributed by atoms with Crippen molar-refractivity contribution in [1.82, 2.24) is 15.5 Å². The first-order valence-electron chi connectivity index (χ1n) is 9.51. The monoisotopic (exact) mass is 357 g/mol. The van der Waals surface area contributed by atoms with E-state index in [4.69, 9.17) is 0 Å². The summed E-state index contributed by atoms with van der Waals surface area (Å²) in [5.41, 5.74) is 0. The summed E-state index contributed by atoms with van der Waals surface area (Å²) in [6.07, 6.45) is 10.5. The first-order valence-corrected chi connectivity index (χ1v) is 9.51. The Morgan fingerprint density at radius 1 is 1.08 bits per heavy atom. The maximum Gasteiger partial charge on any atom is 0.240 e. The number of piperazine rings is 1. The second-order valence-corrected chi connectivity index (χ2v) is 7.60. The van der Waals surface area contributed by atoms with E-state index in [0.29, 0.717) is 11.8 Å². The molecule has 2 amide bonds. The zero-order valence-electron chi connectivity index (χ0n) is 14.6. The number of hydrogen-bond donors (Lipinski definition) is 2. The fourth-order valence-corrected chi connectivity index (χ4v) is 4.03. The van der Waals surface area contributed by atoms with Gasteiger partial charge in [-0.3, -0.25) is 9.59 Å². The lowest BCUT2D eigenvalue weighted by Crippen LogP contribution is -2.57. The van der Waals surface area contributed by atoms with Crippen LogP contribution in [0.1, 0.15) is 57.8 Å². The highest BCUT2D eigenvalue weighted by Crippen LogP contribution is 2.27. The lowest BCUT2D eigenvalue weighted by atomic mass is 9.85. The molecule has 1 saturated heterocycles. The Hall–Kier alpha value is -0.810. The molecule has 5 nitrogen and oxygen atoms in total. The Kier molecular flexibility index (Phi) is 7.82. The van der Waals surface area contributed by atoms with Gasteiger partial charge in [0.2, 0.25) is 11.8 Å². The molecule has 0 bridgehead atoms. The minimum Gasteiger partial charge on any atom is -0.356 e. The summed E-state index contributed by atoms with van der Waals surface area (Å²) in [6.45, 7) is 3.26. The van der Waals surface area contributed by atoms with E-state index < -0.39 is 0 Å². The molecular formula is C18H32ClN3O2. The molecule has 2 N–H and O–H groups in total. The number of rotatable bonds is 6. The maximum absolute atomic E-state index is 12.5. The third-order valence-corrected chi connectivity index (χ3v) is 5.79. The van der Waals surface area contributed by atoms with E-state index in [-0.39, 0.29) is 36.7 Å². The van der Waals surface area contributed by atoms with Crippen molar-refractivity contribution in [2.24, 2.45) is 11.8 Å². The summed E-state index contributed by atoms with van der Waals surface area (Å²) >= 11 is 0. The molecule has 3 aliphatic rings. The van der Waals surface area contributed by atoms with E-state index in [1.165, 1.54) is 51.4 Å². The summed E-state index contributed by atoms with van der Waals surface area (Å²) in [7, 11) is 0. The maximum atomic E-state index is 12.5. The molecule has 1 aliphatic heterocycles. The van der Waals surface area contributed by atoms with Crippen LogP contribution in [0.25, 0.3) is 0 Å². The summed E-state index contributed by atoms with van der Waals surface area (Å²) in [5.74, 6) is 1.47. The van der Waals surface area contributed by atoms with Crippen molar-refractivity contribution in [1.29, 1.82) is 0 Å². The molecule has 138 valence electrons. The highest BCUT2D eigenvalue weighted by Gasteiger charge is 2.32. The average Bonchev–Trinajstić information content (AvgIpc) is 2.53. The van der Waals surface area contributed by atoms with Gasteiger partial charge in [0.1, 0.15) is 0 Å². The lowest BCUT2D eigenvalue weighted by molar-refractivity contribution is -0.139. The molecule has 0 spiro atoms. The minimum absolute atomic E-state index is 0. The summed E-state index contributed by atoms with van der Waals surface area (Å²) in [6, 6.07) is -0.324. The second-order valence-electron chi connectivity index (χ2n) is 7.60. The summed E-state index contributed by atoms with van der Waals surface area (Å²) in [5, 5.41) is 6.27. The lowest BCUT2D eigenvalue weighted by Gasteiger charge is -2.37. The van der Waals surface area contributed by atoms with E-state index in [1.807, 2.05) is 4.90 Å². The van der Waals surface area contributed by atoms with Crippen molar-refractivity contribution in [3.05, 3.63) is 0 Å². The third-order valence-electron chi connectivity index (χ3n) is 5.79. The van der Waals surface area contributed by atoms with Crippen LogP contribution >= 0.6 is 12.4 Å². The predicted octanol–water partition coefficient (Wildman–Crippen LogP) is 2.10. The average molecular weight is 358 g/mol. The van der Waals surface area contributed by atoms with Crippen LogP contribution in [0, 0.1) is 11.8 Å². The largest absolute Gasteiger partial charge is 0.356 e. The van der Waals surface area contributed by atoms with Gasteiger partial charge in [0.05, 0.1) is 12.5 Å². The van der Waals surface area contributed by atoms with Crippen molar-refractivity contribution < 1.29 is 9.59 Å². The predicted molar refractivity (Wildman–Crippen MR) is 97.2 cm³/mol. The normalized spacial score (nSPS) is 25.8. The van der Waals surface area contributed by atoms with Crippen LogP contribution < -0.4 is 10.6 Å². The molecule has 6 heteroatoms. The number of carbonyl (C=O) groups is 2. The summed E-state index contributed by atoms with van der Waals surface area (Å²) in [4.78, 5) is 26.7. The number of nitrogens with zero attached hydrogens (tertiary/aromatic N) is 1. The highest BCUT2D eigenvalue weighted by atomic mass is 35.5. The standard InChI is InChI=1S/C18H31N3O2.ClH/c22-17(20-12-14-5-2-1-3-6-14)11-16-18(23)21(10-9-19-16)13-15-7-4-8-15;/h14-16,19H,1-13H2,(H,20,22);1H. The van der Waals surface area contributed by atoms with Gasteiger partial charge in [-0.15, -0.1) is 12.4 Å². The van der Waals surface area contributed by atoms with Crippen LogP contribution in [0.5, 0.6) is 0 Å². The number of halogens is 1. The van der Waals surface area contributed by atoms with Crippen molar-refractivity contribution >= 4 is 24.2 Å². The Balaban J connectivity index is 0.00000208. The van der Waals surface area contributed by atoms with Crippen molar-refractivity contribution in [3.63, 3.8) is 0 Å². The van der Waals surface area contributed by atoms with Crippen LogP contribution in [0.4, 0.5) is 0 Å². The van der Waals surface area contributed by atoms with Crippen LogP contribution in [-0.4, -0.2) is 48.9 Å². The van der Waals surface area contributed by atoms with Gasteiger partial charge >= 0.3 is 0 Å². The first kappa shape index (κ1) is 19.5. The fourth-order valence-electron chi connectivity index (χ4n) is 4.03.